The van der Waals surface area contributed by atoms with Gasteiger partial charge in [-0.1, -0.05) is 29.8 Å². The third-order valence-electron chi connectivity index (χ3n) is 4.00. The first-order valence-corrected chi connectivity index (χ1v) is 6.48. The molecule has 2 atom stereocenters. The molecule has 0 aromatic heterocycles. The molecule has 0 amide bonds. The van der Waals surface area contributed by atoms with E-state index < -0.39 is 0 Å². The summed E-state index contributed by atoms with van der Waals surface area (Å²) in [6, 6.07) is 8.83. The molecular formula is C15H23NO. The number of nitrogens with one attached hydrogen (secondary N) is 1. The number of benzene rings is 1. The summed E-state index contributed by atoms with van der Waals surface area (Å²) in [4.78, 5) is 0. The summed E-state index contributed by atoms with van der Waals surface area (Å²) in [6.07, 6.45) is 2.61. The van der Waals surface area contributed by atoms with E-state index in [2.05, 4.69) is 43.4 Å². The van der Waals surface area contributed by atoms with Gasteiger partial charge in [-0.05, 0) is 39.3 Å². The average molecular weight is 233 g/mol. The van der Waals surface area contributed by atoms with Crippen LogP contribution in [0.1, 0.15) is 24.5 Å². The van der Waals surface area contributed by atoms with Crippen molar-refractivity contribution in [3.63, 3.8) is 0 Å². The molecule has 1 aromatic carbocycles. The third-order valence-corrected chi connectivity index (χ3v) is 4.00. The first kappa shape index (κ1) is 12.6. The van der Waals surface area contributed by atoms with Gasteiger partial charge < -0.3 is 10.1 Å². The molecule has 1 heterocycles. The predicted molar refractivity (Wildman–Crippen MR) is 71.3 cm³/mol. The van der Waals surface area contributed by atoms with Crippen molar-refractivity contribution in [2.75, 3.05) is 20.2 Å². The van der Waals surface area contributed by atoms with Crippen molar-refractivity contribution in [1.29, 1.82) is 0 Å². The monoisotopic (exact) mass is 233 g/mol. The van der Waals surface area contributed by atoms with Gasteiger partial charge in [0.15, 0.2) is 0 Å². The zero-order chi connectivity index (χ0) is 12.3. The normalized spacial score (nSPS) is 28.5. The lowest BCUT2D eigenvalue weighted by molar-refractivity contribution is 0.0640. The Labute approximate surface area is 104 Å². The largest absolute Gasteiger partial charge is 0.378 e. The van der Waals surface area contributed by atoms with Gasteiger partial charge in [0, 0.05) is 18.6 Å². The fourth-order valence-corrected chi connectivity index (χ4v) is 2.93. The Bertz CT molecular complexity index is 377. The van der Waals surface area contributed by atoms with Crippen molar-refractivity contribution < 1.29 is 4.74 Å². The smallest absolute Gasteiger partial charge is 0.0619 e. The van der Waals surface area contributed by atoms with Crippen LogP contribution in [0.25, 0.3) is 0 Å². The highest BCUT2D eigenvalue weighted by molar-refractivity contribution is 5.24. The van der Waals surface area contributed by atoms with Gasteiger partial charge in [0.25, 0.3) is 0 Å². The van der Waals surface area contributed by atoms with E-state index in [0.717, 1.165) is 26.0 Å². The zero-order valence-electron chi connectivity index (χ0n) is 11.1. The van der Waals surface area contributed by atoms with E-state index in [1.807, 2.05) is 7.05 Å². The SMILES string of the molecule is CNCC1(Cc2cccc(C)c2)CCOC1C. The van der Waals surface area contributed by atoms with Crippen LogP contribution in [-0.2, 0) is 11.2 Å². The van der Waals surface area contributed by atoms with Gasteiger partial charge >= 0.3 is 0 Å². The molecule has 0 radical (unpaired) electrons. The van der Waals surface area contributed by atoms with E-state index in [9.17, 15) is 0 Å². The van der Waals surface area contributed by atoms with E-state index in [0.29, 0.717) is 6.10 Å². The molecule has 1 saturated heterocycles. The standard InChI is InChI=1S/C15H23NO/c1-12-5-4-6-14(9-12)10-15(11-16-3)7-8-17-13(15)2/h4-6,9,13,16H,7-8,10-11H2,1-3H3. The van der Waals surface area contributed by atoms with Gasteiger partial charge in [0.05, 0.1) is 6.10 Å². The molecule has 1 N–H and O–H groups in total. The van der Waals surface area contributed by atoms with Crippen LogP contribution in [0.2, 0.25) is 0 Å². The fourth-order valence-electron chi connectivity index (χ4n) is 2.93. The number of ether oxygens (including phenoxy) is 1. The predicted octanol–water partition coefficient (Wildman–Crippen LogP) is 2.55. The van der Waals surface area contributed by atoms with Crippen LogP contribution in [0, 0.1) is 12.3 Å². The Kier molecular flexibility index (Phi) is 3.85. The molecule has 1 aromatic rings. The fraction of sp³-hybridized carbons (Fsp3) is 0.600. The van der Waals surface area contributed by atoms with Crippen LogP contribution in [0.5, 0.6) is 0 Å². The lowest BCUT2D eigenvalue weighted by Gasteiger charge is -2.32. The maximum absolute atomic E-state index is 5.78. The second kappa shape index (κ2) is 5.19. The molecule has 0 bridgehead atoms. The first-order valence-electron chi connectivity index (χ1n) is 6.48. The minimum absolute atomic E-state index is 0.266. The summed E-state index contributed by atoms with van der Waals surface area (Å²) in [5, 5.41) is 3.34. The lowest BCUT2D eigenvalue weighted by Crippen LogP contribution is -2.40. The number of hydrogen-bond acceptors (Lipinski definition) is 2. The molecule has 2 nitrogen and oxygen atoms in total. The van der Waals surface area contributed by atoms with Gasteiger partial charge in [-0.15, -0.1) is 0 Å². The molecule has 17 heavy (non-hydrogen) atoms. The van der Waals surface area contributed by atoms with Crippen molar-refractivity contribution >= 4 is 0 Å². The summed E-state index contributed by atoms with van der Waals surface area (Å²) in [6.45, 7) is 6.29. The highest BCUT2D eigenvalue weighted by atomic mass is 16.5. The van der Waals surface area contributed by atoms with Crippen molar-refractivity contribution in [2.45, 2.75) is 32.8 Å². The van der Waals surface area contributed by atoms with Crippen LogP contribution in [0.3, 0.4) is 0 Å². The topological polar surface area (TPSA) is 21.3 Å². The van der Waals surface area contributed by atoms with Gasteiger partial charge in [0.2, 0.25) is 0 Å². The molecule has 2 unspecified atom stereocenters. The first-order chi connectivity index (χ1) is 8.16. The van der Waals surface area contributed by atoms with Gasteiger partial charge in [-0.3, -0.25) is 0 Å². The molecule has 1 fully saturated rings. The number of aryl methyl sites for hydroxylation is 1. The quantitative estimate of drug-likeness (QED) is 0.863. The van der Waals surface area contributed by atoms with Crippen molar-refractivity contribution in [1.82, 2.24) is 5.32 Å². The van der Waals surface area contributed by atoms with Crippen LogP contribution in [-0.4, -0.2) is 26.3 Å². The van der Waals surface area contributed by atoms with Crippen molar-refractivity contribution in [3.8, 4) is 0 Å². The summed E-state index contributed by atoms with van der Waals surface area (Å²) < 4.78 is 5.78. The second-order valence-corrected chi connectivity index (χ2v) is 5.32. The number of hydrogen-bond donors (Lipinski definition) is 1. The molecule has 1 aliphatic rings. The highest BCUT2D eigenvalue weighted by Gasteiger charge is 2.40. The van der Waals surface area contributed by atoms with E-state index in [1.165, 1.54) is 11.1 Å². The third kappa shape index (κ3) is 2.70. The average Bonchev–Trinajstić information content (AvgIpc) is 2.61. The molecular weight excluding hydrogens is 210 g/mol. The van der Waals surface area contributed by atoms with Gasteiger partial charge in [-0.2, -0.15) is 0 Å². The molecule has 0 spiro atoms. The molecule has 0 aliphatic carbocycles. The van der Waals surface area contributed by atoms with E-state index in [4.69, 9.17) is 4.74 Å². The molecule has 2 rings (SSSR count). The second-order valence-electron chi connectivity index (χ2n) is 5.32. The minimum Gasteiger partial charge on any atom is -0.378 e. The summed E-state index contributed by atoms with van der Waals surface area (Å²) >= 11 is 0. The van der Waals surface area contributed by atoms with Crippen molar-refractivity contribution in [2.24, 2.45) is 5.41 Å². The van der Waals surface area contributed by atoms with Gasteiger partial charge in [-0.25, -0.2) is 0 Å². The summed E-state index contributed by atoms with van der Waals surface area (Å²) in [7, 11) is 2.03. The maximum atomic E-state index is 5.78. The maximum Gasteiger partial charge on any atom is 0.0619 e. The lowest BCUT2D eigenvalue weighted by atomic mass is 9.76. The summed E-state index contributed by atoms with van der Waals surface area (Å²) in [5.74, 6) is 0. The summed E-state index contributed by atoms with van der Waals surface area (Å²) in [5.41, 5.74) is 3.04. The van der Waals surface area contributed by atoms with Crippen molar-refractivity contribution in [3.05, 3.63) is 35.4 Å². The highest BCUT2D eigenvalue weighted by Crippen LogP contribution is 2.37. The van der Waals surface area contributed by atoms with Crippen LogP contribution >= 0.6 is 0 Å². The van der Waals surface area contributed by atoms with E-state index in [-0.39, 0.29) is 5.41 Å². The number of rotatable bonds is 4. The molecule has 1 aliphatic heterocycles. The van der Waals surface area contributed by atoms with Crippen LogP contribution in [0.15, 0.2) is 24.3 Å². The Hall–Kier alpha value is -0.860. The Morgan fingerprint density at radius 1 is 1.47 bits per heavy atom. The van der Waals surface area contributed by atoms with Crippen LogP contribution in [0.4, 0.5) is 0 Å². The van der Waals surface area contributed by atoms with E-state index in [1.54, 1.807) is 0 Å². The van der Waals surface area contributed by atoms with E-state index >= 15 is 0 Å². The molecule has 94 valence electrons. The minimum atomic E-state index is 0.266. The Morgan fingerprint density at radius 3 is 2.88 bits per heavy atom. The van der Waals surface area contributed by atoms with Crippen LogP contribution < -0.4 is 5.32 Å². The Balaban J connectivity index is 2.18. The Morgan fingerprint density at radius 2 is 2.29 bits per heavy atom. The molecule has 0 saturated carbocycles. The van der Waals surface area contributed by atoms with Gasteiger partial charge in [0.1, 0.15) is 0 Å². The molecule has 2 heteroatoms. The zero-order valence-corrected chi connectivity index (χ0v) is 11.1.